The minimum absolute atomic E-state index is 0.0237. The van der Waals surface area contributed by atoms with Gasteiger partial charge in [0.15, 0.2) is 0 Å². The number of nitrogens with one attached hydrogen (secondary N) is 1. The molecule has 0 bridgehead atoms. The van der Waals surface area contributed by atoms with Crippen LogP contribution in [0.2, 0.25) is 0 Å². The zero-order chi connectivity index (χ0) is 19.7. The van der Waals surface area contributed by atoms with Crippen LogP contribution >= 0.6 is 0 Å². The molecule has 0 aliphatic heterocycles. The third kappa shape index (κ3) is 3.41. The van der Waals surface area contributed by atoms with E-state index in [0.717, 1.165) is 0 Å². The number of carbonyl (C=O) groups excluding carboxylic acids is 1. The van der Waals surface area contributed by atoms with Crippen molar-refractivity contribution in [3.8, 4) is 0 Å². The maximum Gasteiger partial charge on any atom is 0.432 e. The highest BCUT2D eigenvalue weighted by Gasteiger charge is 2.49. The molecule has 0 heterocycles. The highest BCUT2D eigenvalue weighted by atomic mass is 19.4. The first-order valence-electron chi connectivity index (χ1n) is 7.76. The van der Waals surface area contributed by atoms with Crippen molar-refractivity contribution >= 4 is 11.6 Å². The summed E-state index contributed by atoms with van der Waals surface area (Å²) in [5.74, 6) is -1.40. The van der Waals surface area contributed by atoms with E-state index in [1.165, 1.54) is 25.1 Å². The number of benzene rings is 1. The molecule has 140 valence electrons. The van der Waals surface area contributed by atoms with Crippen LogP contribution in [0.5, 0.6) is 0 Å². The first-order valence-corrected chi connectivity index (χ1v) is 7.76. The van der Waals surface area contributed by atoms with Gasteiger partial charge in [-0.2, -0.15) is 13.2 Å². The fourth-order valence-electron chi connectivity index (χ4n) is 3.20. The second-order valence-corrected chi connectivity index (χ2v) is 6.11. The van der Waals surface area contributed by atoms with Crippen molar-refractivity contribution in [1.82, 2.24) is 5.48 Å². The smallest absolute Gasteiger partial charge is 0.289 e. The highest BCUT2D eigenvalue weighted by Crippen LogP contribution is 2.45. The molecule has 0 unspecified atom stereocenters. The lowest BCUT2D eigenvalue weighted by Gasteiger charge is -2.28. The predicted octanol–water partition coefficient (Wildman–Crippen LogP) is 4.13. The molecule has 1 aliphatic carbocycles. The van der Waals surface area contributed by atoms with Crippen LogP contribution in [0.4, 0.5) is 17.6 Å². The first-order chi connectivity index (χ1) is 12.1. The number of carbonyl (C=O) groups is 1. The summed E-state index contributed by atoms with van der Waals surface area (Å²) in [6.45, 7) is 6.00. The Morgan fingerprint density at radius 2 is 2.04 bits per heavy atom. The van der Waals surface area contributed by atoms with Gasteiger partial charge < -0.3 is 0 Å². The minimum Gasteiger partial charge on any atom is -0.289 e. The topological polar surface area (TPSA) is 61.7 Å². The number of hydrogen-bond acceptors (Lipinski definition) is 3. The van der Waals surface area contributed by atoms with E-state index >= 15 is 0 Å². The van der Waals surface area contributed by atoms with E-state index in [1.54, 1.807) is 18.5 Å². The summed E-state index contributed by atoms with van der Waals surface area (Å²) in [5.41, 5.74) is -0.299. The number of allylic oxidation sites excluding steroid dienone is 3. The SMILES string of the molecule is C=C(N=C1C[C@](C(=O)NO)(c2cccc(F)c2C)C/C1=C/C)C(F)(F)F. The van der Waals surface area contributed by atoms with Gasteiger partial charge in [0, 0.05) is 12.1 Å². The molecule has 1 fully saturated rings. The summed E-state index contributed by atoms with van der Waals surface area (Å²) in [5, 5.41) is 9.19. The number of aliphatic imine (C=N–C) groups is 1. The van der Waals surface area contributed by atoms with E-state index in [9.17, 15) is 27.6 Å². The summed E-state index contributed by atoms with van der Waals surface area (Å²) >= 11 is 0. The Kier molecular flexibility index (Phi) is 5.36. The summed E-state index contributed by atoms with van der Waals surface area (Å²) in [6, 6.07) is 4.14. The zero-order valence-electron chi connectivity index (χ0n) is 14.2. The van der Waals surface area contributed by atoms with Crippen molar-refractivity contribution in [2.24, 2.45) is 4.99 Å². The average Bonchev–Trinajstić information content (AvgIpc) is 2.95. The summed E-state index contributed by atoms with van der Waals surface area (Å²) in [6.07, 6.45) is -3.41. The lowest BCUT2D eigenvalue weighted by atomic mass is 9.75. The molecule has 1 aromatic carbocycles. The Labute approximate surface area is 147 Å². The van der Waals surface area contributed by atoms with Crippen molar-refractivity contribution in [2.75, 3.05) is 0 Å². The van der Waals surface area contributed by atoms with E-state index in [0.29, 0.717) is 5.57 Å². The lowest BCUT2D eigenvalue weighted by Crippen LogP contribution is -2.42. The van der Waals surface area contributed by atoms with Gasteiger partial charge in [-0.25, -0.2) is 14.9 Å². The molecule has 1 saturated carbocycles. The summed E-state index contributed by atoms with van der Waals surface area (Å²) in [7, 11) is 0. The van der Waals surface area contributed by atoms with Crippen LogP contribution in [-0.4, -0.2) is 23.0 Å². The van der Waals surface area contributed by atoms with Crippen LogP contribution in [0.3, 0.4) is 0 Å². The highest BCUT2D eigenvalue weighted by molar-refractivity contribution is 6.09. The normalized spacial score (nSPS) is 23.5. The molecule has 4 nitrogen and oxygen atoms in total. The van der Waals surface area contributed by atoms with Gasteiger partial charge in [0.2, 0.25) is 0 Å². The second kappa shape index (κ2) is 7.03. The third-order valence-corrected chi connectivity index (χ3v) is 4.60. The van der Waals surface area contributed by atoms with E-state index in [4.69, 9.17) is 0 Å². The Balaban J connectivity index is 2.63. The van der Waals surface area contributed by atoms with Crippen molar-refractivity contribution in [3.05, 3.63) is 59.1 Å². The molecule has 0 saturated heterocycles. The molecule has 1 amide bonds. The van der Waals surface area contributed by atoms with Crippen molar-refractivity contribution in [2.45, 2.75) is 38.3 Å². The fraction of sp³-hybridized carbons (Fsp3) is 0.333. The Morgan fingerprint density at radius 1 is 1.38 bits per heavy atom. The van der Waals surface area contributed by atoms with E-state index in [1.807, 2.05) is 0 Å². The molecule has 26 heavy (non-hydrogen) atoms. The van der Waals surface area contributed by atoms with Crippen LogP contribution < -0.4 is 5.48 Å². The summed E-state index contributed by atoms with van der Waals surface area (Å²) < 4.78 is 52.4. The largest absolute Gasteiger partial charge is 0.432 e. The Morgan fingerprint density at radius 3 is 2.58 bits per heavy atom. The molecule has 2 N–H and O–H groups in total. The number of halogens is 4. The average molecular weight is 370 g/mol. The minimum atomic E-state index is -4.70. The van der Waals surface area contributed by atoms with Crippen LogP contribution in [0.15, 0.2) is 47.1 Å². The Bertz CT molecular complexity index is 812. The van der Waals surface area contributed by atoms with Gasteiger partial charge in [0.25, 0.3) is 5.91 Å². The van der Waals surface area contributed by atoms with Gasteiger partial charge >= 0.3 is 6.18 Å². The third-order valence-electron chi connectivity index (χ3n) is 4.60. The van der Waals surface area contributed by atoms with E-state index in [-0.39, 0.29) is 29.7 Å². The molecular weight excluding hydrogens is 352 g/mol. The van der Waals surface area contributed by atoms with Crippen LogP contribution in [-0.2, 0) is 10.2 Å². The number of alkyl halides is 3. The standard InChI is InChI=1S/C18H18F4N2O2/c1-4-12-8-17(16(25)24-26,13-6-5-7-14(19)10(13)2)9-15(12)23-11(3)18(20,21)22/h4-7,26H,3,8-9H2,1-2H3,(H,24,25)/b12-4-,23-15?/t17-/m0/s1. The van der Waals surface area contributed by atoms with Crippen molar-refractivity contribution in [1.29, 1.82) is 0 Å². The molecule has 0 radical (unpaired) electrons. The molecule has 2 rings (SSSR count). The number of nitrogens with zero attached hydrogens (tertiary/aromatic N) is 1. The molecule has 8 heteroatoms. The maximum atomic E-state index is 14.0. The molecule has 0 spiro atoms. The number of rotatable bonds is 3. The van der Waals surface area contributed by atoms with Gasteiger partial charge in [-0.1, -0.05) is 24.8 Å². The van der Waals surface area contributed by atoms with Crippen molar-refractivity contribution in [3.63, 3.8) is 0 Å². The van der Waals surface area contributed by atoms with Crippen molar-refractivity contribution < 1.29 is 27.6 Å². The van der Waals surface area contributed by atoms with Crippen LogP contribution in [0, 0.1) is 12.7 Å². The molecule has 1 aromatic rings. The molecule has 1 atom stereocenters. The number of hydroxylamine groups is 1. The second-order valence-electron chi connectivity index (χ2n) is 6.11. The first kappa shape index (κ1) is 19.8. The van der Waals surface area contributed by atoms with Gasteiger partial charge in [0.05, 0.1) is 5.41 Å². The zero-order valence-corrected chi connectivity index (χ0v) is 14.2. The summed E-state index contributed by atoms with van der Waals surface area (Å²) in [4.78, 5) is 16.0. The maximum absolute atomic E-state index is 14.0. The number of hydrogen-bond donors (Lipinski definition) is 2. The van der Waals surface area contributed by atoms with E-state index < -0.39 is 29.0 Å². The molecule has 1 aliphatic rings. The van der Waals surface area contributed by atoms with Gasteiger partial charge in [-0.3, -0.25) is 10.0 Å². The quantitative estimate of drug-likeness (QED) is 0.477. The fourth-order valence-corrected chi connectivity index (χ4v) is 3.20. The molecular formula is C18H18F4N2O2. The van der Waals surface area contributed by atoms with Crippen LogP contribution in [0.25, 0.3) is 0 Å². The monoisotopic (exact) mass is 370 g/mol. The predicted molar refractivity (Wildman–Crippen MR) is 88.4 cm³/mol. The lowest BCUT2D eigenvalue weighted by molar-refractivity contribution is -0.134. The van der Waals surface area contributed by atoms with Gasteiger partial charge in [-0.05, 0) is 43.0 Å². The van der Waals surface area contributed by atoms with Crippen LogP contribution in [0.1, 0.15) is 30.9 Å². The molecule has 0 aromatic heterocycles. The van der Waals surface area contributed by atoms with Gasteiger partial charge in [-0.15, -0.1) is 0 Å². The van der Waals surface area contributed by atoms with Gasteiger partial charge in [0.1, 0.15) is 11.5 Å². The number of amides is 1. The Hall–Kier alpha value is -2.48. The van der Waals surface area contributed by atoms with E-state index in [2.05, 4.69) is 11.6 Å².